The Morgan fingerprint density at radius 2 is 1.43 bits per heavy atom. The average Bonchev–Trinajstić information content (AvgIpc) is 2.49. The molecule has 0 aromatic carbocycles. The summed E-state index contributed by atoms with van der Waals surface area (Å²) in [5.41, 5.74) is 0.365. The van der Waals surface area contributed by atoms with E-state index in [1.165, 1.54) is 25.7 Å². The first-order chi connectivity index (χ1) is 13.1. The molecule has 2 aliphatic rings. The Morgan fingerprint density at radius 3 is 2.00 bits per heavy atom. The minimum atomic E-state index is -0.0373. The van der Waals surface area contributed by atoms with Gasteiger partial charge in [-0.15, -0.1) is 0 Å². The van der Waals surface area contributed by atoms with Gasteiger partial charge >= 0.3 is 0 Å². The van der Waals surface area contributed by atoms with Gasteiger partial charge in [0, 0.05) is 19.8 Å². The maximum atomic E-state index is 6.25. The molecule has 0 aromatic heterocycles. The highest BCUT2D eigenvalue weighted by atomic mass is 16.5. The highest BCUT2D eigenvalue weighted by Crippen LogP contribution is 2.46. The molecule has 0 saturated heterocycles. The van der Waals surface area contributed by atoms with Gasteiger partial charge < -0.3 is 18.9 Å². The third-order valence-electron chi connectivity index (χ3n) is 5.83. The van der Waals surface area contributed by atoms with E-state index in [-0.39, 0.29) is 11.2 Å². The summed E-state index contributed by atoms with van der Waals surface area (Å²) in [6.07, 6.45) is 11.5. The molecule has 2 rings (SSSR count). The molecule has 2 aliphatic carbocycles. The Morgan fingerprint density at radius 1 is 0.786 bits per heavy atom. The van der Waals surface area contributed by atoms with Crippen LogP contribution in [-0.2, 0) is 18.9 Å². The number of ether oxygens (including phenoxy) is 4. The van der Waals surface area contributed by atoms with E-state index in [0.717, 1.165) is 58.5 Å². The van der Waals surface area contributed by atoms with Crippen molar-refractivity contribution < 1.29 is 18.9 Å². The van der Waals surface area contributed by atoms with E-state index in [0.29, 0.717) is 17.6 Å². The van der Waals surface area contributed by atoms with Crippen molar-refractivity contribution in [2.24, 2.45) is 5.41 Å². The molecule has 0 aliphatic heterocycles. The van der Waals surface area contributed by atoms with Crippen molar-refractivity contribution in [3.63, 3.8) is 0 Å². The molecule has 0 heterocycles. The molecule has 0 spiro atoms. The molecule has 2 fully saturated rings. The number of unbranched alkanes of at least 4 members (excludes halogenated alkanes) is 1. The van der Waals surface area contributed by atoms with Crippen LogP contribution in [0.2, 0.25) is 0 Å². The topological polar surface area (TPSA) is 36.9 Å². The van der Waals surface area contributed by atoms with E-state index in [1.807, 2.05) is 0 Å². The van der Waals surface area contributed by atoms with Gasteiger partial charge in [-0.25, -0.2) is 0 Å². The van der Waals surface area contributed by atoms with Gasteiger partial charge in [0.25, 0.3) is 0 Å². The van der Waals surface area contributed by atoms with Gasteiger partial charge in [0.05, 0.1) is 30.0 Å². The molecule has 0 unspecified atom stereocenters. The Bertz CT molecular complexity index is 425. The van der Waals surface area contributed by atoms with Crippen LogP contribution < -0.4 is 0 Å². The summed E-state index contributed by atoms with van der Waals surface area (Å²) in [7, 11) is 0. The molecule has 28 heavy (non-hydrogen) atoms. The van der Waals surface area contributed by atoms with Crippen LogP contribution >= 0.6 is 0 Å². The summed E-state index contributed by atoms with van der Waals surface area (Å²) in [5.74, 6) is 0. The molecule has 4 nitrogen and oxygen atoms in total. The second-order valence-corrected chi connectivity index (χ2v) is 11.0. The number of hydrogen-bond acceptors (Lipinski definition) is 4. The molecule has 0 N–H and O–H groups in total. The quantitative estimate of drug-likeness (QED) is 0.361. The minimum absolute atomic E-state index is 0.0278. The first-order valence-corrected chi connectivity index (χ1v) is 11.6. The Labute approximate surface area is 174 Å². The van der Waals surface area contributed by atoms with Crippen LogP contribution in [0.5, 0.6) is 0 Å². The standard InChI is InChI=1S/C24H46O4/c1-22(2,3)27-16-8-7-14-25-15-10-13-24(11-9-12-24)19-26-20-17-21(18-20)28-23(4,5)6/h20-21H,7-19H2,1-6H3. The predicted octanol–water partition coefficient (Wildman–Crippen LogP) is 5.91. The average molecular weight is 399 g/mol. The maximum Gasteiger partial charge on any atom is 0.0631 e. The lowest BCUT2D eigenvalue weighted by molar-refractivity contribution is -0.164. The molecule has 2 saturated carbocycles. The van der Waals surface area contributed by atoms with Gasteiger partial charge in [-0.05, 0) is 98.3 Å². The van der Waals surface area contributed by atoms with Crippen molar-refractivity contribution in [1.29, 1.82) is 0 Å². The van der Waals surface area contributed by atoms with E-state index < -0.39 is 0 Å². The normalized spacial score (nSPS) is 24.6. The van der Waals surface area contributed by atoms with Crippen molar-refractivity contribution in [2.75, 3.05) is 26.4 Å². The largest absolute Gasteiger partial charge is 0.381 e. The molecule has 0 bridgehead atoms. The SMILES string of the molecule is CC(C)(C)OCCCCOCCCC1(COC2CC(OC(C)(C)C)C2)CCC1. The van der Waals surface area contributed by atoms with Crippen LogP contribution in [0.4, 0.5) is 0 Å². The first kappa shape index (κ1) is 24.1. The van der Waals surface area contributed by atoms with Crippen molar-refractivity contribution in [3.05, 3.63) is 0 Å². The van der Waals surface area contributed by atoms with E-state index >= 15 is 0 Å². The Kier molecular flexibility index (Phi) is 9.25. The molecular weight excluding hydrogens is 352 g/mol. The zero-order chi connectivity index (χ0) is 20.7. The van der Waals surface area contributed by atoms with Crippen molar-refractivity contribution >= 4 is 0 Å². The van der Waals surface area contributed by atoms with Crippen molar-refractivity contribution in [1.82, 2.24) is 0 Å². The summed E-state index contributed by atoms with van der Waals surface area (Å²) in [5, 5.41) is 0. The third-order valence-corrected chi connectivity index (χ3v) is 5.83. The zero-order valence-corrected chi connectivity index (χ0v) is 19.5. The van der Waals surface area contributed by atoms with Crippen LogP contribution in [-0.4, -0.2) is 49.8 Å². The lowest BCUT2D eigenvalue weighted by atomic mass is 9.66. The van der Waals surface area contributed by atoms with Gasteiger partial charge in [-0.1, -0.05) is 6.42 Å². The number of rotatable bonds is 13. The van der Waals surface area contributed by atoms with Gasteiger partial charge in [0.2, 0.25) is 0 Å². The van der Waals surface area contributed by atoms with E-state index in [9.17, 15) is 0 Å². The fourth-order valence-corrected chi connectivity index (χ4v) is 4.02. The van der Waals surface area contributed by atoms with Gasteiger partial charge in [-0.3, -0.25) is 0 Å². The van der Waals surface area contributed by atoms with Crippen LogP contribution in [0.1, 0.15) is 99.3 Å². The highest BCUT2D eigenvalue weighted by molar-refractivity contribution is 4.90. The number of hydrogen-bond donors (Lipinski definition) is 0. The van der Waals surface area contributed by atoms with Crippen LogP contribution in [0.25, 0.3) is 0 Å². The molecule has 0 radical (unpaired) electrons. The van der Waals surface area contributed by atoms with Crippen LogP contribution in [0, 0.1) is 5.41 Å². The third kappa shape index (κ3) is 9.56. The van der Waals surface area contributed by atoms with E-state index in [4.69, 9.17) is 18.9 Å². The molecule has 0 amide bonds. The summed E-state index contributed by atoms with van der Waals surface area (Å²) < 4.78 is 23.8. The zero-order valence-electron chi connectivity index (χ0n) is 19.5. The van der Waals surface area contributed by atoms with Crippen LogP contribution in [0.15, 0.2) is 0 Å². The van der Waals surface area contributed by atoms with Gasteiger partial charge in [0.15, 0.2) is 0 Å². The minimum Gasteiger partial charge on any atom is -0.381 e. The summed E-state index contributed by atoms with van der Waals surface area (Å²) in [6, 6.07) is 0. The summed E-state index contributed by atoms with van der Waals surface area (Å²) >= 11 is 0. The fraction of sp³-hybridized carbons (Fsp3) is 1.00. The Hall–Kier alpha value is -0.160. The highest BCUT2D eigenvalue weighted by Gasteiger charge is 2.40. The Balaban J connectivity index is 1.46. The fourth-order valence-electron chi connectivity index (χ4n) is 4.02. The van der Waals surface area contributed by atoms with Crippen molar-refractivity contribution in [2.45, 2.75) is 123 Å². The lowest BCUT2D eigenvalue weighted by Crippen LogP contribution is -2.44. The van der Waals surface area contributed by atoms with Gasteiger partial charge in [-0.2, -0.15) is 0 Å². The monoisotopic (exact) mass is 398 g/mol. The molecule has 0 atom stereocenters. The second kappa shape index (κ2) is 10.7. The summed E-state index contributed by atoms with van der Waals surface area (Å²) in [6.45, 7) is 16.2. The van der Waals surface area contributed by atoms with E-state index in [2.05, 4.69) is 41.5 Å². The van der Waals surface area contributed by atoms with Gasteiger partial charge in [0.1, 0.15) is 0 Å². The summed E-state index contributed by atoms with van der Waals surface area (Å²) in [4.78, 5) is 0. The van der Waals surface area contributed by atoms with Crippen LogP contribution in [0.3, 0.4) is 0 Å². The smallest absolute Gasteiger partial charge is 0.0631 e. The maximum absolute atomic E-state index is 6.25. The van der Waals surface area contributed by atoms with Crippen molar-refractivity contribution in [3.8, 4) is 0 Å². The molecule has 0 aromatic rings. The molecular formula is C24H46O4. The second-order valence-electron chi connectivity index (χ2n) is 11.0. The molecule has 166 valence electrons. The molecule has 4 heteroatoms. The first-order valence-electron chi connectivity index (χ1n) is 11.6. The predicted molar refractivity (Wildman–Crippen MR) is 115 cm³/mol. The lowest BCUT2D eigenvalue weighted by Gasteiger charge is -2.45. The van der Waals surface area contributed by atoms with E-state index in [1.54, 1.807) is 0 Å².